The van der Waals surface area contributed by atoms with Gasteiger partial charge in [0.1, 0.15) is 0 Å². The van der Waals surface area contributed by atoms with E-state index in [1.165, 1.54) is 76.8 Å². The third kappa shape index (κ3) is 8.09. The molecule has 1 aromatic carbocycles. The van der Waals surface area contributed by atoms with E-state index >= 15 is 0 Å². The summed E-state index contributed by atoms with van der Waals surface area (Å²) < 4.78 is 5.54. The minimum atomic E-state index is 0. The molecular weight excluding hydrogens is 454 g/mol. The Hall–Kier alpha value is -0.810. The van der Waals surface area contributed by atoms with Gasteiger partial charge in [0, 0.05) is 57.7 Å². The first-order valence-electron chi connectivity index (χ1n) is 14.3. The summed E-state index contributed by atoms with van der Waals surface area (Å²) in [5.41, 5.74) is 5.06. The number of hydrogen-bond acceptors (Lipinski definition) is 4. The van der Waals surface area contributed by atoms with Gasteiger partial charge < -0.3 is 15.0 Å². The highest BCUT2D eigenvalue weighted by Gasteiger charge is 2.32. The van der Waals surface area contributed by atoms with Crippen molar-refractivity contribution in [3.05, 3.63) is 29.3 Å². The summed E-state index contributed by atoms with van der Waals surface area (Å²) in [4.78, 5) is 5.39. The Morgan fingerprint density at radius 2 is 1.63 bits per heavy atom. The van der Waals surface area contributed by atoms with Gasteiger partial charge in [0.15, 0.2) is 0 Å². The van der Waals surface area contributed by atoms with Crippen LogP contribution in [-0.4, -0.2) is 56.9 Å². The predicted molar refractivity (Wildman–Crippen MR) is 152 cm³/mol. The zero-order chi connectivity index (χ0) is 24.0. The molecule has 1 N–H and O–H groups in total. The second kappa shape index (κ2) is 13.7. The van der Waals surface area contributed by atoms with E-state index in [9.17, 15) is 0 Å². The number of piperazine rings is 1. The maximum absolute atomic E-state index is 5.54. The van der Waals surface area contributed by atoms with Crippen molar-refractivity contribution in [2.45, 2.75) is 97.6 Å². The van der Waals surface area contributed by atoms with Crippen molar-refractivity contribution in [3.63, 3.8) is 0 Å². The van der Waals surface area contributed by atoms with E-state index in [1.54, 1.807) is 11.3 Å². The van der Waals surface area contributed by atoms with Gasteiger partial charge in [-0.3, -0.25) is 4.90 Å². The molecule has 1 saturated carbocycles. The second-order valence-electron chi connectivity index (χ2n) is 12.3. The Balaban J connectivity index is 0.00000342. The number of halogens is 1. The molecule has 4 nitrogen and oxygen atoms in total. The van der Waals surface area contributed by atoms with Crippen molar-refractivity contribution in [3.8, 4) is 0 Å². The quantitative estimate of drug-likeness (QED) is 0.429. The SMILES string of the molecule is CCCCN1CCN(c2cc(CNC3CCOCC3)ccc2C2CCC(C(C)(C)C)CC2)CC1.Cl. The minimum Gasteiger partial charge on any atom is -0.381 e. The molecule has 35 heavy (non-hydrogen) atoms. The number of nitrogens with one attached hydrogen (secondary N) is 1. The van der Waals surface area contributed by atoms with E-state index in [1.807, 2.05) is 0 Å². The normalized spacial score (nSPS) is 24.9. The average molecular weight is 506 g/mol. The van der Waals surface area contributed by atoms with Crippen LogP contribution < -0.4 is 10.2 Å². The number of anilines is 1. The molecule has 3 fully saturated rings. The number of rotatable bonds is 8. The second-order valence-corrected chi connectivity index (χ2v) is 12.3. The maximum Gasteiger partial charge on any atom is 0.0480 e. The van der Waals surface area contributed by atoms with Crippen LogP contribution in [0.4, 0.5) is 5.69 Å². The summed E-state index contributed by atoms with van der Waals surface area (Å²) in [6.45, 7) is 18.4. The third-order valence-corrected chi connectivity index (χ3v) is 8.84. The first kappa shape index (κ1) is 28.8. The molecule has 2 aliphatic heterocycles. The van der Waals surface area contributed by atoms with E-state index in [2.05, 4.69) is 61.0 Å². The van der Waals surface area contributed by atoms with Gasteiger partial charge in [-0.2, -0.15) is 0 Å². The molecule has 0 amide bonds. The molecule has 0 radical (unpaired) electrons. The van der Waals surface area contributed by atoms with Crippen LogP contribution in [0.2, 0.25) is 0 Å². The van der Waals surface area contributed by atoms with E-state index in [0.717, 1.165) is 44.4 Å². The van der Waals surface area contributed by atoms with Crippen LogP contribution in [-0.2, 0) is 11.3 Å². The average Bonchev–Trinajstić information content (AvgIpc) is 2.86. The van der Waals surface area contributed by atoms with E-state index in [0.29, 0.717) is 11.5 Å². The van der Waals surface area contributed by atoms with Crippen molar-refractivity contribution in [2.24, 2.45) is 11.3 Å². The number of unbranched alkanes of at least 4 members (excludes halogenated alkanes) is 1. The Morgan fingerprint density at radius 1 is 0.943 bits per heavy atom. The molecule has 0 aromatic heterocycles. The fourth-order valence-corrected chi connectivity index (χ4v) is 6.35. The molecule has 0 spiro atoms. The Labute approximate surface area is 222 Å². The van der Waals surface area contributed by atoms with Crippen molar-refractivity contribution >= 4 is 18.1 Å². The number of nitrogens with zero attached hydrogens (tertiary/aromatic N) is 2. The van der Waals surface area contributed by atoms with Gasteiger partial charge in [-0.05, 0) is 85.9 Å². The molecule has 1 aliphatic carbocycles. The van der Waals surface area contributed by atoms with Crippen molar-refractivity contribution in [1.82, 2.24) is 10.2 Å². The van der Waals surface area contributed by atoms with Crippen LogP contribution >= 0.6 is 12.4 Å². The number of benzene rings is 1. The number of ether oxygens (including phenoxy) is 1. The number of hydrogen-bond donors (Lipinski definition) is 1. The van der Waals surface area contributed by atoms with E-state index in [-0.39, 0.29) is 12.4 Å². The lowest BCUT2D eigenvalue weighted by atomic mass is 9.68. The van der Waals surface area contributed by atoms with Crippen molar-refractivity contribution in [2.75, 3.05) is 50.8 Å². The van der Waals surface area contributed by atoms with Crippen molar-refractivity contribution < 1.29 is 4.74 Å². The highest BCUT2D eigenvalue weighted by atomic mass is 35.5. The molecular formula is C30H52ClN3O. The van der Waals surface area contributed by atoms with Crippen LogP contribution in [0.15, 0.2) is 18.2 Å². The first-order chi connectivity index (χ1) is 16.4. The van der Waals surface area contributed by atoms with Gasteiger partial charge in [0.2, 0.25) is 0 Å². The Kier molecular flexibility index (Phi) is 11.2. The van der Waals surface area contributed by atoms with Gasteiger partial charge >= 0.3 is 0 Å². The molecule has 1 aromatic rings. The molecule has 5 heteroatoms. The van der Waals surface area contributed by atoms with Gasteiger partial charge in [-0.25, -0.2) is 0 Å². The highest BCUT2D eigenvalue weighted by molar-refractivity contribution is 5.85. The Morgan fingerprint density at radius 3 is 2.26 bits per heavy atom. The summed E-state index contributed by atoms with van der Waals surface area (Å²) >= 11 is 0. The van der Waals surface area contributed by atoms with Crippen molar-refractivity contribution in [1.29, 1.82) is 0 Å². The van der Waals surface area contributed by atoms with Crippen LogP contribution in [0.3, 0.4) is 0 Å². The third-order valence-electron chi connectivity index (χ3n) is 8.84. The fraction of sp³-hybridized carbons (Fsp3) is 0.800. The molecule has 200 valence electrons. The molecule has 3 aliphatic rings. The van der Waals surface area contributed by atoms with Crippen LogP contribution in [0, 0.1) is 11.3 Å². The summed E-state index contributed by atoms with van der Waals surface area (Å²) in [7, 11) is 0. The van der Waals surface area contributed by atoms with Gasteiger partial charge in [0.05, 0.1) is 0 Å². The lowest BCUT2D eigenvalue weighted by Crippen LogP contribution is -2.47. The molecule has 0 unspecified atom stereocenters. The topological polar surface area (TPSA) is 27.7 Å². The lowest BCUT2D eigenvalue weighted by molar-refractivity contribution is 0.0776. The molecule has 2 heterocycles. The van der Waals surface area contributed by atoms with E-state index < -0.39 is 0 Å². The molecule has 4 rings (SSSR count). The van der Waals surface area contributed by atoms with Crippen LogP contribution in [0.5, 0.6) is 0 Å². The fourth-order valence-electron chi connectivity index (χ4n) is 6.35. The Bertz CT molecular complexity index is 742. The summed E-state index contributed by atoms with van der Waals surface area (Å²) in [5.74, 6) is 1.60. The first-order valence-corrected chi connectivity index (χ1v) is 14.3. The smallest absolute Gasteiger partial charge is 0.0480 e. The standard InChI is InChI=1S/C30H51N3O.ClH/c1-5-6-15-32-16-18-33(19-17-32)29-22-24(23-31-27-13-20-34-21-14-27)7-12-28(29)25-8-10-26(11-9-25)30(2,3)4;/h7,12,22,25-27,31H,5-6,8-11,13-21,23H2,1-4H3;1H. The predicted octanol–water partition coefficient (Wildman–Crippen LogP) is 6.62. The molecule has 2 saturated heterocycles. The maximum atomic E-state index is 5.54. The summed E-state index contributed by atoms with van der Waals surface area (Å²) in [5, 5.41) is 3.81. The zero-order valence-electron chi connectivity index (χ0n) is 23.0. The van der Waals surface area contributed by atoms with Gasteiger partial charge in [-0.15, -0.1) is 12.4 Å². The highest BCUT2D eigenvalue weighted by Crippen LogP contribution is 2.45. The van der Waals surface area contributed by atoms with Crippen LogP contribution in [0.25, 0.3) is 0 Å². The minimum absolute atomic E-state index is 0. The van der Waals surface area contributed by atoms with E-state index in [4.69, 9.17) is 4.74 Å². The summed E-state index contributed by atoms with van der Waals surface area (Å²) in [6, 6.07) is 8.06. The zero-order valence-corrected chi connectivity index (χ0v) is 23.8. The lowest BCUT2D eigenvalue weighted by Gasteiger charge is -2.40. The van der Waals surface area contributed by atoms with Gasteiger partial charge in [-0.1, -0.05) is 46.2 Å². The summed E-state index contributed by atoms with van der Waals surface area (Å²) in [6.07, 6.45) is 10.4. The van der Waals surface area contributed by atoms with Gasteiger partial charge in [0.25, 0.3) is 0 Å². The molecule has 0 atom stereocenters. The monoisotopic (exact) mass is 505 g/mol. The van der Waals surface area contributed by atoms with Crippen LogP contribution in [0.1, 0.15) is 96.1 Å². The largest absolute Gasteiger partial charge is 0.381 e. The molecule has 0 bridgehead atoms.